The van der Waals surface area contributed by atoms with E-state index in [1.54, 1.807) is 31.3 Å². The Morgan fingerprint density at radius 3 is 2.21 bits per heavy atom. The predicted molar refractivity (Wildman–Crippen MR) is 101 cm³/mol. The first-order valence-corrected chi connectivity index (χ1v) is 8.66. The monoisotopic (exact) mass is 393 g/mol. The summed E-state index contributed by atoms with van der Waals surface area (Å²) >= 11 is 0. The minimum Gasteiger partial charge on any atom is -0.337 e. The summed E-state index contributed by atoms with van der Waals surface area (Å²) in [6, 6.07) is 10.7. The van der Waals surface area contributed by atoms with Gasteiger partial charge in [0.25, 0.3) is 5.91 Å². The Labute approximate surface area is 161 Å². The van der Waals surface area contributed by atoms with Crippen LogP contribution in [0.5, 0.6) is 0 Å². The lowest BCUT2D eigenvalue weighted by Crippen LogP contribution is -2.35. The third-order valence-corrected chi connectivity index (χ3v) is 3.87. The number of anilines is 1. The van der Waals surface area contributed by atoms with E-state index in [0.29, 0.717) is 11.3 Å². The van der Waals surface area contributed by atoms with Gasteiger partial charge in [0.1, 0.15) is 0 Å². The lowest BCUT2D eigenvalue weighted by atomic mass is 10.1. The second-order valence-electron chi connectivity index (χ2n) is 6.65. The highest BCUT2D eigenvalue weighted by Gasteiger charge is 2.30. The average molecular weight is 393 g/mol. The number of alkyl halides is 3. The minimum absolute atomic E-state index is 0.0646. The van der Waals surface area contributed by atoms with Gasteiger partial charge < -0.3 is 15.5 Å². The number of carbonyl (C=O) groups excluding carboxylic acids is 2. The van der Waals surface area contributed by atoms with Gasteiger partial charge in [-0.1, -0.05) is 24.3 Å². The fourth-order valence-electron chi connectivity index (χ4n) is 2.55. The third kappa shape index (κ3) is 5.73. The highest BCUT2D eigenvalue weighted by Crippen LogP contribution is 2.29. The van der Waals surface area contributed by atoms with Gasteiger partial charge in [-0.2, -0.15) is 13.2 Å². The number of hydrogen-bond acceptors (Lipinski definition) is 2. The molecule has 0 spiro atoms. The maximum atomic E-state index is 12.8. The highest BCUT2D eigenvalue weighted by atomic mass is 19.4. The van der Waals surface area contributed by atoms with Crippen LogP contribution in [-0.4, -0.2) is 29.9 Å². The van der Waals surface area contributed by atoms with Gasteiger partial charge in [-0.25, -0.2) is 4.79 Å². The molecule has 28 heavy (non-hydrogen) atoms. The van der Waals surface area contributed by atoms with Gasteiger partial charge in [0, 0.05) is 19.6 Å². The van der Waals surface area contributed by atoms with Crippen LogP contribution in [0.2, 0.25) is 0 Å². The predicted octanol–water partition coefficient (Wildman–Crippen LogP) is 4.51. The molecule has 0 bridgehead atoms. The van der Waals surface area contributed by atoms with Crippen LogP contribution in [-0.2, 0) is 12.7 Å². The van der Waals surface area contributed by atoms with Crippen LogP contribution in [0, 0.1) is 0 Å². The molecule has 150 valence electrons. The molecule has 8 heteroatoms. The number of para-hydroxylation sites is 1. The number of amides is 3. The molecule has 0 atom stereocenters. The quantitative estimate of drug-likeness (QED) is 0.785. The Morgan fingerprint density at radius 1 is 1.04 bits per heavy atom. The van der Waals surface area contributed by atoms with Crippen LogP contribution in [0.3, 0.4) is 0 Å². The molecule has 2 aromatic rings. The van der Waals surface area contributed by atoms with Crippen molar-refractivity contribution in [3.05, 3.63) is 65.2 Å². The van der Waals surface area contributed by atoms with Crippen molar-refractivity contribution in [3.8, 4) is 0 Å². The topological polar surface area (TPSA) is 61.4 Å². The van der Waals surface area contributed by atoms with Gasteiger partial charge in [0.2, 0.25) is 0 Å². The zero-order chi connectivity index (χ0) is 20.9. The molecule has 2 aromatic carbocycles. The zero-order valence-corrected chi connectivity index (χ0v) is 15.8. The van der Waals surface area contributed by atoms with Gasteiger partial charge >= 0.3 is 12.2 Å². The lowest BCUT2D eigenvalue weighted by molar-refractivity contribution is -0.137. The smallest absolute Gasteiger partial charge is 0.337 e. The summed E-state index contributed by atoms with van der Waals surface area (Å²) in [7, 11) is 1.55. The summed E-state index contributed by atoms with van der Waals surface area (Å²) in [5, 5.41) is 5.32. The van der Waals surface area contributed by atoms with E-state index in [4.69, 9.17) is 0 Å². The molecule has 0 saturated heterocycles. The summed E-state index contributed by atoms with van der Waals surface area (Å²) in [5.41, 5.74) is 0.462. The van der Waals surface area contributed by atoms with Crippen LogP contribution >= 0.6 is 0 Å². The second kappa shape index (κ2) is 8.77. The number of hydrogen-bond donors (Lipinski definition) is 2. The minimum atomic E-state index is -4.40. The van der Waals surface area contributed by atoms with Crippen LogP contribution in [0.25, 0.3) is 0 Å². The van der Waals surface area contributed by atoms with Gasteiger partial charge in [-0.3, -0.25) is 4.79 Å². The number of benzene rings is 2. The van der Waals surface area contributed by atoms with Crippen molar-refractivity contribution in [3.63, 3.8) is 0 Å². The van der Waals surface area contributed by atoms with E-state index in [1.165, 1.54) is 17.0 Å². The van der Waals surface area contributed by atoms with Gasteiger partial charge in [-0.05, 0) is 43.7 Å². The van der Waals surface area contributed by atoms with Crippen molar-refractivity contribution in [1.82, 2.24) is 10.2 Å². The van der Waals surface area contributed by atoms with Crippen molar-refractivity contribution in [2.75, 3.05) is 12.4 Å². The maximum absolute atomic E-state index is 12.8. The molecule has 2 N–H and O–H groups in total. The highest BCUT2D eigenvalue weighted by molar-refractivity contribution is 6.03. The van der Waals surface area contributed by atoms with Crippen LogP contribution in [0.15, 0.2) is 48.5 Å². The van der Waals surface area contributed by atoms with Gasteiger partial charge in [0.05, 0.1) is 16.8 Å². The third-order valence-electron chi connectivity index (χ3n) is 3.87. The summed E-state index contributed by atoms with van der Waals surface area (Å²) in [5.74, 6) is -0.361. The maximum Gasteiger partial charge on any atom is 0.416 e. The van der Waals surface area contributed by atoms with E-state index >= 15 is 0 Å². The second-order valence-corrected chi connectivity index (χ2v) is 6.65. The molecule has 0 saturated carbocycles. The van der Waals surface area contributed by atoms with Crippen molar-refractivity contribution in [1.29, 1.82) is 0 Å². The molecule has 0 unspecified atom stereocenters. The Balaban J connectivity index is 2.12. The van der Waals surface area contributed by atoms with Crippen molar-refractivity contribution >= 4 is 17.6 Å². The van der Waals surface area contributed by atoms with E-state index in [9.17, 15) is 22.8 Å². The van der Waals surface area contributed by atoms with E-state index in [0.717, 1.165) is 12.1 Å². The summed E-state index contributed by atoms with van der Waals surface area (Å²) in [4.78, 5) is 26.1. The first-order chi connectivity index (χ1) is 13.1. The average Bonchev–Trinajstić information content (AvgIpc) is 2.60. The van der Waals surface area contributed by atoms with E-state index < -0.39 is 17.8 Å². The number of nitrogens with zero attached hydrogens (tertiary/aromatic N) is 1. The number of urea groups is 1. The van der Waals surface area contributed by atoms with Crippen molar-refractivity contribution in [2.45, 2.75) is 32.6 Å². The van der Waals surface area contributed by atoms with E-state index in [1.807, 2.05) is 13.8 Å². The normalized spacial score (nSPS) is 11.2. The van der Waals surface area contributed by atoms with Crippen molar-refractivity contribution in [2.24, 2.45) is 0 Å². The number of halogens is 3. The fraction of sp³-hybridized carbons (Fsp3) is 0.300. The molecule has 0 aliphatic carbocycles. The standard InChI is InChI=1S/C20H22F3N3O2/c1-13(2)24-19(28)25-17-7-5-4-6-16(17)18(27)26(3)12-14-8-10-15(11-9-14)20(21,22)23/h4-11,13H,12H2,1-3H3,(H2,24,25,28). The molecule has 2 rings (SSSR count). The Kier molecular flexibility index (Phi) is 6.66. The first kappa shape index (κ1) is 21.3. The Bertz CT molecular complexity index is 833. The van der Waals surface area contributed by atoms with Gasteiger partial charge in [0.15, 0.2) is 0 Å². The fourth-order valence-corrected chi connectivity index (χ4v) is 2.55. The van der Waals surface area contributed by atoms with Crippen molar-refractivity contribution < 1.29 is 22.8 Å². The summed E-state index contributed by atoms with van der Waals surface area (Å²) < 4.78 is 38.0. The van der Waals surface area contributed by atoms with E-state index in [-0.39, 0.29) is 24.1 Å². The molecule has 5 nitrogen and oxygen atoms in total. The molecule has 0 heterocycles. The molecule has 3 amide bonds. The summed E-state index contributed by atoms with van der Waals surface area (Å²) in [6.45, 7) is 3.76. The molecule has 0 aliphatic rings. The Morgan fingerprint density at radius 2 is 1.64 bits per heavy atom. The summed E-state index contributed by atoms with van der Waals surface area (Å²) in [6.07, 6.45) is -4.40. The SMILES string of the molecule is CC(C)NC(=O)Nc1ccccc1C(=O)N(C)Cc1ccc(C(F)(F)F)cc1. The first-order valence-electron chi connectivity index (χ1n) is 8.66. The molecule has 0 fully saturated rings. The number of nitrogens with one attached hydrogen (secondary N) is 2. The van der Waals surface area contributed by atoms with Gasteiger partial charge in [-0.15, -0.1) is 0 Å². The molecular formula is C20H22F3N3O2. The van der Waals surface area contributed by atoms with Crippen LogP contribution in [0.1, 0.15) is 35.3 Å². The molecule has 0 aliphatic heterocycles. The lowest BCUT2D eigenvalue weighted by Gasteiger charge is -2.20. The Hall–Kier alpha value is -3.03. The largest absolute Gasteiger partial charge is 0.416 e. The molecular weight excluding hydrogens is 371 g/mol. The molecule has 0 aromatic heterocycles. The van der Waals surface area contributed by atoms with E-state index in [2.05, 4.69) is 10.6 Å². The zero-order valence-electron chi connectivity index (χ0n) is 15.8. The number of carbonyl (C=O) groups is 2. The number of rotatable bonds is 5. The molecule has 0 radical (unpaired) electrons. The van der Waals surface area contributed by atoms with Crippen LogP contribution < -0.4 is 10.6 Å². The van der Waals surface area contributed by atoms with Crippen LogP contribution in [0.4, 0.5) is 23.7 Å².